The molecule has 0 N–H and O–H groups in total. The highest BCUT2D eigenvalue weighted by Gasteiger charge is 2.49. The zero-order valence-corrected chi connectivity index (χ0v) is 21.1. The number of halogens is 7. The Hall–Kier alpha value is -3.41. The molecule has 5 atom stereocenters. The monoisotopic (exact) mass is 571 g/mol. The van der Waals surface area contributed by atoms with Gasteiger partial charge in [-0.2, -0.15) is 26.3 Å². The van der Waals surface area contributed by atoms with Crippen LogP contribution in [0, 0.1) is 11.7 Å². The van der Waals surface area contributed by atoms with Crippen molar-refractivity contribution >= 4 is 11.9 Å². The number of cyclic esters (lactones) is 1. The van der Waals surface area contributed by atoms with E-state index in [-0.39, 0.29) is 49.0 Å². The lowest BCUT2D eigenvalue weighted by Crippen LogP contribution is -2.40. The Labute approximate surface area is 224 Å². The highest BCUT2D eigenvalue weighted by Crippen LogP contribution is 2.45. The maximum Gasteiger partial charge on any atom is 0.416 e. The van der Waals surface area contributed by atoms with Gasteiger partial charge in [0.1, 0.15) is 5.82 Å². The Morgan fingerprint density at radius 1 is 0.950 bits per heavy atom. The highest BCUT2D eigenvalue weighted by molar-refractivity contribution is 5.90. The van der Waals surface area contributed by atoms with Gasteiger partial charge in [-0.3, -0.25) is 9.59 Å². The number of amides is 1. The van der Waals surface area contributed by atoms with Crippen molar-refractivity contribution in [1.29, 1.82) is 0 Å². The molecule has 2 fully saturated rings. The Kier molecular flexibility index (Phi) is 7.18. The van der Waals surface area contributed by atoms with Crippen LogP contribution >= 0.6 is 0 Å². The molecule has 0 aromatic heterocycles. The minimum atomic E-state index is -5.01. The first-order valence-corrected chi connectivity index (χ1v) is 12.6. The number of rotatable bonds is 5. The molecule has 3 unspecified atom stereocenters. The normalized spacial score (nSPS) is 26.0. The van der Waals surface area contributed by atoms with Crippen molar-refractivity contribution in [2.24, 2.45) is 5.92 Å². The van der Waals surface area contributed by atoms with E-state index in [9.17, 15) is 40.3 Å². The largest absolute Gasteiger partial charge is 0.465 e. The zero-order chi connectivity index (χ0) is 29.0. The molecule has 0 bridgehead atoms. The van der Waals surface area contributed by atoms with Crippen molar-refractivity contribution < 1.29 is 49.8 Å². The highest BCUT2D eigenvalue weighted by atomic mass is 19.4. The van der Waals surface area contributed by atoms with Gasteiger partial charge < -0.3 is 14.4 Å². The van der Waals surface area contributed by atoms with Crippen LogP contribution < -0.4 is 0 Å². The number of carbonyl (C=O) groups excluding carboxylic acids is 2. The Bertz CT molecular complexity index is 1300. The van der Waals surface area contributed by atoms with Gasteiger partial charge in [0.15, 0.2) is 0 Å². The first-order valence-electron chi connectivity index (χ1n) is 12.6. The summed E-state index contributed by atoms with van der Waals surface area (Å²) in [6, 6.07) is 6.29. The molecular weight excluding hydrogens is 547 g/mol. The number of nitrogens with zero attached hydrogens (tertiary/aromatic N) is 1. The summed E-state index contributed by atoms with van der Waals surface area (Å²) in [4.78, 5) is 26.3. The van der Waals surface area contributed by atoms with Crippen molar-refractivity contribution in [2.45, 2.75) is 56.3 Å². The summed E-state index contributed by atoms with van der Waals surface area (Å²) in [6.45, 7) is 1.51. The predicted molar refractivity (Wildman–Crippen MR) is 126 cm³/mol. The van der Waals surface area contributed by atoms with Gasteiger partial charge in [0, 0.05) is 30.5 Å². The van der Waals surface area contributed by atoms with Gasteiger partial charge in [-0.05, 0) is 54.8 Å². The second-order valence-electron chi connectivity index (χ2n) is 10.3. The van der Waals surface area contributed by atoms with Gasteiger partial charge in [0.2, 0.25) is 5.91 Å². The molecule has 3 heterocycles. The SMILES string of the molecule is C[C@@H](OC1CN2C(=O)C=C(C3COC(=O)C3)CC2[C@@H]1c1ccc(F)cc1)c1cc(C(F)(F)F)cc(C(F)(F)F)c1. The van der Waals surface area contributed by atoms with Gasteiger partial charge in [0.25, 0.3) is 0 Å². The molecule has 0 aliphatic carbocycles. The Morgan fingerprint density at radius 2 is 1.57 bits per heavy atom. The number of alkyl halides is 6. The molecule has 1 amide bonds. The van der Waals surface area contributed by atoms with Crippen LogP contribution in [-0.2, 0) is 31.4 Å². The number of fused-ring (bicyclic) bond motifs is 1. The maximum atomic E-state index is 13.7. The first-order chi connectivity index (χ1) is 18.7. The molecule has 2 aromatic carbocycles. The summed E-state index contributed by atoms with van der Waals surface area (Å²) in [5, 5.41) is 0. The van der Waals surface area contributed by atoms with E-state index < -0.39 is 53.5 Å². The van der Waals surface area contributed by atoms with Gasteiger partial charge in [-0.1, -0.05) is 17.7 Å². The van der Waals surface area contributed by atoms with E-state index in [1.54, 1.807) is 4.90 Å². The molecule has 2 saturated heterocycles. The third-order valence-corrected chi connectivity index (χ3v) is 7.73. The van der Waals surface area contributed by atoms with Crippen LogP contribution in [-0.4, -0.2) is 42.1 Å². The van der Waals surface area contributed by atoms with Gasteiger partial charge in [-0.15, -0.1) is 0 Å². The van der Waals surface area contributed by atoms with Crippen molar-refractivity contribution in [3.8, 4) is 0 Å². The molecule has 0 radical (unpaired) electrons. The lowest BCUT2D eigenvalue weighted by atomic mass is 9.81. The van der Waals surface area contributed by atoms with Crippen molar-refractivity contribution in [3.05, 3.63) is 82.2 Å². The summed E-state index contributed by atoms with van der Waals surface area (Å²) < 4.78 is 106. The fourth-order valence-corrected chi connectivity index (χ4v) is 5.76. The van der Waals surface area contributed by atoms with Crippen LogP contribution in [0.2, 0.25) is 0 Å². The number of hydrogen-bond donors (Lipinski definition) is 0. The number of hydrogen-bond acceptors (Lipinski definition) is 4. The minimum absolute atomic E-state index is 0.0187. The number of ether oxygens (including phenoxy) is 2. The summed E-state index contributed by atoms with van der Waals surface area (Å²) in [7, 11) is 0. The Balaban J connectivity index is 1.47. The van der Waals surface area contributed by atoms with E-state index in [0.717, 1.165) is 0 Å². The second-order valence-corrected chi connectivity index (χ2v) is 10.3. The van der Waals surface area contributed by atoms with E-state index in [2.05, 4.69) is 0 Å². The fourth-order valence-electron chi connectivity index (χ4n) is 5.76. The minimum Gasteiger partial charge on any atom is -0.465 e. The van der Waals surface area contributed by atoms with Crippen LogP contribution in [0.25, 0.3) is 0 Å². The smallest absolute Gasteiger partial charge is 0.416 e. The van der Waals surface area contributed by atoms with E-state index in [1.807, 2.05) is 0 Å². The van der Waals surface area contributed by atoms with Gasteiger partial charge >= 0.3 is 18.3 Å². The van der Waals surface area contributed by atoms with Gasteiger partial charge in [-0.25, -0.2) is 4.39 Å². The average molecular weight is 571 g/mol. The number of benzene rings is 2. The van der Waals surface area contributed by atoms with Crippen molar-refractivity contribution in [1.82, 2.24) is 4.90 Å². The van der Waals surface area contributed by atoms with Crippen LogP contribution in [0.5, 0.6) is 0 Å². The van der Waals surface area contributed by atoms with Crippen LogP contribution in [0.15, 0.2) is 54.1 Å². The topological polar surface area (TPSA) is 55.8 Å². The van der Waals surface area contributed by atoms with Crippen LogP contribution in [0.4, 0.5) is 30.7 Å². The second kappa shape index (κ2) is 10.2. The van der Waals surface area contributed by atoms with E-state index in [0.29, 0.717) is 29.7 Å². The maximum absolute atomic E-state index is 13.7. The third kappa shape index (κ3) is 5.59. The molecular formula is C28H24F7NO4. The van der Waals surface area contributed by atoms with Crippen LogP contribution in [0.3, 0.4) is 0 Å². The predicted octanol–water partition coefficient (Wildman–Crippen LogP) is 6.20. The van der Waals surface area contributed by atoms with Gasteiger partial charge in [0.05, 0.1) is 36.4 Å². The zero-order valence-electron chi connectivity index (χ0n) is 21.1. The molecule has 3 aliphatic rings. The molecule has 214 valence electrons. The summed E-state index contributed by atoms with van der Waals surface area (Å²) in [5.41, 5.74) is -1.92. The van der Waals surface area contributed by atoms with E-state index in [1.165, 1.54) is 37.3 Å². The molecule has 5 nitrogen and oxygen atoms in total. The average Bonchev–Trinajstić information content (AvgIpc) is 3.47. The lowest BCUT2D eigenvalue weighted by molar-refractivity contribution is -0.143. The number of carbonyl (C=O) groups is 2. The standard InChI is InChI=1S/C28H24F7NO4/c1-14(16-6-19(27(30,31)32)11-20(7-16)28(33,34)35)40-23-12-36-22(26(23)15-2-4-21(29)5-3-15)8-17(9-24(36)37)18-10-25(38)39-13-18/h2-7,9,11,14,18,22-23,26H,8,10,12-13H2,1H3/t14-,18?,22?,23?,26+/m1/s1. The molecule has 0 saturated carbocycles. The van der Waals surface area contributed by atoms with Crippen LogP contribution in [0.1, 0.15) is 54.0 Å². The first kappa shape index (κ1) is 28.1. The van der Waals surface area contributed by atoms with Crippen molar-refractivity contribution in [2.75, 3.05) is 13.2 Å². The molecule has 2 aromatic rings. The number of esters is 1. The lowest BCUT2D eigenvalue weighted by Gasteiger charge is -2.34. The quantitative estimate of drug-likeness (QED) is 0.317. The molecule has 12 heteroatoms. The molecule has 0 spiro atoms. The molecule has 3 aliphatic heterocycles. The molecule has 5 rings (SSSR count). The summed E-state index contributed by atoms with van der Waals surface area (Å²) in [5.74, 6) is -2.08. The van der Waals surface area contributed by atoms with E-state index >= 15 is 0 Å². The van der Waals surface area contributed by atoms with E-state index in [4.69, 9.17) is 9.47 Å². The van der Waals surface area contributed by atoms with Crippen molar-refractivity contribution in [3.63, 3.8) is 0 Å². The fraction of sp³-hybridized carbons (Fsp3) is 0.429. The summed E-state index contributed by atoms with van der Waals surface area (Å²) >= 11 is 0. The summed E-state index contributed by atoms with van der Waals surface area (Å²) in [6.07, 6.45) is -10.1. The Morgan fingerprint density at radius 3 is 2.12 bits per heavy atom. The third-order valence-electron chi connectivity index (χ3n) is 7.73. The molecule has 40 heavy (non-hydrogen) atoms.